The summed E-state index contributed by atoms with van der Waals surface area (Å²) in [6, 6.07) is 8.73. The fourth-order valence-electron chi connectivity index (χ4n) is 2.30. The molecule has 3 nitrogen and oxygen atoms in total. The molecule has 0 amide bonds. The molecular weight excluding hydrogens is 234 g/mol. The monoisotopic (exact) mass is 257 g/mol. The second-order valence-corrected chi connectivity index (χ2v) is 6.13. The minimum absolute atomic E-state index is 0.179. The van der Waals surface area contributed by atoms with E-state index < -0.39 is 0 Å². The minimum Gasteiger partial charge on any atom is -0.325 e. The highest BCUT2D eigenvalue weighted by Crippen LogP contribution is 2.29. The van der Waals surface area contributed by atoms with E-state index in [-0.39, 0.29) is 5.41 Å². The second kappa shape index (κ2) is 4.82. The predicted molar refractivity (Wildman–Crippen MR) is 80.0 cm³/mol. The van der Waals surface area contributed by atoms with Crippen molar-refractivity contribution in [2.45, 2.75) is 39.7 Å². The van der Waals surface area contributed by atoms with Gasteiger partial charge < -0.3 is 5.73 Å². The SMILES string of the molecule is Cc1cc(C(C)(C)C)ccc1-c1cc(CN)nn1C. The molecule has 0 saturated heterocycles. The van der Waals surface area contributed by atoms with Gasteiger partial charge in [0.2, 0.25) is 0 Å². The molecule has 3 heteroatoms. The highest BCUT2D eigenvalue weighted by molar-refractivity contribution is 5.65. The van der Waals surface area contributed by atoms with Crippen molar-refractivity contribution in [3.05, 3.63) is 41.1 Å². The van der Waals surface area contributed by atoms with E-state index in [0.717, 1.165) is 11.4 Å². The molecule has 0 aliphatic rings. The Hall–Kier alpha value is -1.61. The molecular formula is C16H23N3. The molecule has 1 heterocycles. The first-order chi connectivity index (χ1) is 8.82. The highest BCUT2D eigenvalue weighted by Gasteiger charge is 2.16. The highest BCUT2D eigenvalue weighted by atomic mass is 15.3. The zero-order valence-electron chi connectivity index (χ0n) is 12.5. The van der Waals surface area contributed by atoms with E-state index in [4.69, 9.17) is 5.73 Å². The van der Waals surface area contributed by atoms with Crippen LogP contribution < -0.4 is 5.73 Å². The molecule has 2 rings (SSSR count). The number of hydrogen-bond acceptors (Lipinski definition) is 2. The van der Waals surface area contributed by atoms with Crippen LogP contribution in [0.2, 0.25) is 0 Å². The van der Waals surface area contributed by atoms with Crippen LogP contribution in [-0.2, 0) is 19.0 Å². The summed E-state index contributed by atoms with van der Waals surface area (Å²) in [5, 5.41) is 4.41. The zero-order chi connectivity index (χ0) is 14.2. The summed E-state index contributed by atoms with van der Waals surface area (Å²) in [6.07, 6.45) is 0. The molecule has 0 aliphatic heterocycles. The lowest BCUT2D eigenvalue weighted by Gasteiger charge is -2.20. The quantitative estimate of drug-likeness (QED) is 0.898. The van der Waals surface area contributed by atoms with Crippen LogP contribution in [-0.4, -0.2) is 9.78 Å². The molecule has 0 radical (unpaired) electrons. The van der Waals surface area contributed by atoms with Crippen LogP contribution in [0.15, 0.2) is 24.3 Å². The third-order valence-electron chi connectivity index (χ3n) is 3.51. The van der Waals surface area contributed by atoms with Gasteiger partial charge in [-0.2, -0.15) is 5.10 Å². The number of aromatic nitrogens is 2. The molecule has 0 bridgehead atoms. The third kappa shape index (κ3) is 2.71. The number of nitrogens with two attached hydrogens (primary N) is 1. The Morgan fingerprint density at radius 2 is 1.89 bits per heavy atom. The zero-order valence-corrected chi connectivity index (χ0v) is 12.5. The van der Waals surface area contributed by atoms with Gasteiger partial charge in [0.1, 0.15) is 0 Å². The van der Waals surface area contributed by atoms with E-state index in [0.29, 0.717) is 6.54 Å². The fourth-order valence-corrected chi connectivity index (χ4v) is 2.30. The van der Waals surface area contributed by atoms with Crippen LogP contribution in [0, 0.1) is 6.92 Å². The number of rotatable bonds is 2. The largest absolute Gasteiger partial charge is 0.325 e. The molecule has 0 fully saturated rings. The molecule has 1 aromatic carbocycles. The molecule has 0 atom stereocenters. The Kier molecular flexibility index (Phi) is 3.50. The Morgan fingerprint density at radius 3 is 2.37 bits per heavy atom. The van der Waals surface area contributed by atoms with Crippen LogP contribution in [0.4, 0.5) is 0 Å². The van der Waals surface area contributed by atoms with Crippen molar-refractivity contribution in [3.63, 3.8) is 0 Å². The number of hydrogen-bond donors (Lipinski definition) is 1. The van der Waals surface area contributed by atoms with Gasteiger partial charge in [-0.1, -0.05) is 39.0 Å². The van der Waals surface area contributed by atoms with Gasteiger partial charge in [0.25, 0.3) is 0 Å². The van der Waals surface area contributed by atoms with Gasteiger partial charge in [-0.3, -0.25) is 4.68 Å². The predicted octanol–water partition coefficient (Wildman–Crippen LogP) is 3.15. The van der Waals surface area contributed by atoms with Crippen LogP contribution in [0.5, 0.6) is 0 Å². The van der Waals surface area contributed by atoms with Crippen molar-refractivity contribution in [1.82, 2.24) is 9.78 Å². The van der Waals surface area contributed by atoms with Crippen molar-refractivity contribution in [2.75, 3.05) is 0 Å². The topological polar surface area (TPSA) is 43.8 Å². The van der Waals surface area contributed by atoms with Crippen LogP contribution in [0.1, 0.15) is 37.6 Å². The van der Waals surface area contributed by atoms with Crippen LogP contribution >= 0.6 is 0 Å². The number of nitrogens with zero attached hydrogens (tertiary/aromatic N) is 2. The Bertz CT molecular complexity index is 589. The Balaban J connectivity index is 2.49. The van der Waals surface area contributed by atoms with E-state index in [1.165, 1.54) is 16.7 Å². The molecule has 1 aromatic heterocycles. The van der Waals surface area contributed by atoms with E-state index in [1.807, 2.05) is 11.7 Å². The maximum Gasteiger partial charge on any atom is 0.0766 e. The average Bonchev–Trinajstić information content (AvgIpc) is 2.69. The smallest absolute Gasteiger partial charge is 0.0766 e. The second-order valence-electron chi connectivity index (χ2n) is 6.13. The lowest BCUT2D eigenvalue weighted by molar-refractivity contribution is 0.590. The lowest BCUT2D eigenvalue weighted by atomic mass is 9.85. The maximum absolute atomic E-state index is 5.65. The van der Waals surface area contributed by atoms with Gasteiger partial charge in [0.05, 0.1) is 11.4 Å². The van der Waals surface area contributed by atoms with Gasteiger partial charge >= 0.3 is 0 Å². The molecule has 2 aromatic rings. The summed E-state index contributed by atoms with van der Waals surface area (Å²) < 4.78 is 1.90. The Labute approximate surface area is 115 Å². The summed E-state index contributed by atoms with van der Waals surface area (Å²) in [7, 11) is 1.96. The third-order valence-corrected chi connectivity index (χ3v) is 3.51. The van der Waals surface area contributed by atoms with Gasteiger partial charge in [-0.25, -0.2) is 0 Å². The summed E-state index contributed by atoms with van der Waals surface area (Å²) in [6.45, 7) is 9.33. The van der Waals surface area contributed by atoms with Crippen molar-refractivity contribution in [1.29, 1.82) is 0 Å². The molecule has 102 valence electrons. The first-order valence-electron chi connectivity index (χ1n) is 6.67. The van der Waals surface area contributed by atoms with Crippen LogP contribution in [0.3, 0.4) is 0 Å². The van der Waals surface area contributed by atoms with Crippen molar-refractivity contribution >= 4 is 0 Å². The van der Waals surface area contributed by atoms with E-state index >= 15 is 0 Å². The van der Waals surface area contributed by atoms with E-state index in [9.17, 15) is 0 Å². The van der Waals surface area contributed by atoms with E-state index in [2.05, 4.69) is 57.1 Å². The summed E-state index contributed by atoms with van der Waals surface area (Å²) >= 11 is 0. The summed E-state index contributed by atoms with van der Waals surface area (Å²) in [5.41, 5.74) is 11.7. The van der Waals surface area contributed by atoms with E-state index in [1.54, 1.807) is 0 Å². The minimum atomic E-state index is 0.179. The molecule has 0 aliphatic carbocycles. The molecule has 0 spiro atoms. The summed E-state index contributed by atoms with van der Waals surface area (Å²) in [4.78, 5) is 0. The first-order valence-corrected chi connectivity index (χ1v) is 6.67. The number of benzene rings is 1. The lowest BCUT2D eigenvalue weighted by Crippen LogP contribution is -2.11. The maximum atomic E-state index is 5.65. The Morgan fingerprint density at radius 1 is 1.21 bits per heavy atom. The van der Waals surface area contributed by atoms with Crippen molar-refractivity contribution < 1.29 is 0 Å². The van der Waals surface area contributed by atoms with Crippen molar-refractivity contribution in [2.24, 2.45) is 12.8 Å². The van der Waals surface area contributed by atoms with Gasteiger partial charge in [-0.15, -0.1) is 0 Å². The standard InChI is InChI=1S/C16H23N3/c1-11-8-12(16(2,3)4)6-7-14(11)15-9-13(10-17)18-19(15)5/h6-9H,10,17H2,1-5H3. The normalized spacial score (nSPS) is 11.9. The van der Waals surface area contributed by atoms with Crippen molar-refractivity contribution in [3.8, 4) is 11.3 Å². The molecule has 2 N–H and O–H groups in total. The van der Waals surface area contributed by atoms with Crippen LogP contribution in [0.25, 0.3) is 11.3 Å². The molecule has 19 heavy (non-hydrogen) atoms. The molecule has 0 unspecified atom stereocenters. The number of aryl methyl sites for hydroxylation is 2. The van der Waals surface area contributed by atoms with Gasteiger partial charge in [0.15, 0.2) is 0 Å². The van der Waals surface area contributed by atoms with Gasteiger partial charge in [0, 0.05) is 19.2 Å². The average molecular weight is 257 g/mol. The molecule has 0 saturated carbocycles. The fraction of sp³-hybridized carbons (Fsp3) is 0.438. The summed E-state index contributed by atoms with van der Waals surface area (Å²) in [5.74, 6) is 0. The first kappa shape index (κ1) is 13.8. The van der Waals surface area contributed by atoms with Gasteiger partial charge in [-0.05, 0) is 29.5 Å².